The largest absolute Gasteiger partial charge is 0.390 e. The summed E-state index contributed by atoms with van der Waals surface area (Å²) < 4.78 is 4.28. The van der Waals surface area contributed by atoms with Gasteiger partial charge in [-0.25, -0.2) is 4.79 Å². The molecule has 0 aliphatic heterocycles. The molecule has 0 N–H and O–H groups in total. The minimum atomic E-state index is -0.657. The van der Waals surface area contributed by atoms with Gasteiger partial charge in [0.2, 0.25) is 0 Å². The molecule has 3 nitrogen and oxygen atoms in total. The quantitative estimate of drug-likeness (QED) is 0.260. The number of hydrogen-bond acceptors (Lipinski definition) is 3. The van der Waals surface area contributed by atoms with E-state index in [1.165, 1.54) is 19.1 Å². The van der Waals surface area contributed by atoms with Crippen LogP contribution in [0, 0.1) is 0 Å². The molecule has 0 heterocycles. The van der Waals surface area contributed by atoms with Crippen LogP contribution in [0.3, 0.4) is 0 Å². The lowest BCUT2D eigenvalue weighted by Gasteiger charge is -1.97. The van der Waals surface area contributed by atoms with Crippen LogP contribution in [-0.2, 0) is 14.3 Å². The lowest BCUT2D eigenvalue weighted by Crippen LogP contribution is -2.09. The standard InChI is InChI=1S/C8H10O3/c1-4-7(5-2)8(10)11-6(3)9/h4-5H,1H2,2-3H3. The zero-order chi connectivity index (χ0) is 8.85. The molecule has 0 saturated carbocycles. The Morgan fingerprint density at radius 2 is 2.00 bits per heavy atom. The van der Waals surface area contributed by atoms with Gasteiger partial charge in [-0.3, -0.25) is 4.79 Å². The highest BCUT2D eigenvalue weighted by Gasteiger charge is 2.07. The summed E-state index contributed by atoms with van der Waals surface area (Å²) in [7, 11) is 0. The molecule has 0 aliphatic carbocycles. The summed E-state index contributed by atoms with van der Waals surface area (Å²) in [5, 5.41) is 0. The maximum absolute atomic E-state index is 10.8. The Labute approximate surface area is 65.4 Å². The second-order valence-electron chi connectivity index (χ2n) is 1.83. The van der Waals surface area contributed by atoms with Crippen molar-refractivity contribution in [2.24, 2.45) is 0 Å². The van der Waals surface area contributed by atoms with E-state index in [1.807, 2.05) is 0 Å². The fourth-order valence-corrected chi connectivity index (χ4v) is 0.509. The average molecular weight is 154 g/mol. The number of esters is 2. The summed E-state index contributed by atoms with van der Waals surface area (Å²) in [6.45, 7) is 6.22. The number of carbonyl (C=O) groups is 2. The third-order valence-corrected chi connectivity index (χ3v) is 1.00. The van der Waals surface area contributed by atoms with Crippen molar-refractivity contribution in [3.05, 3.63) is 24.3 Å². The van der Waals surface area contributed by atoms with Crippen molar-refractivity contribution in [3.63, 3.8) is 0 Å². The normalized spacial score (nSPS) is 10.5. The minimum Gasteiger partial charge on any atom is -0.390 e. The molecular formula is C8H10O3. The smallest absolute Gasteiger partial charge is 0.345 e. The molecule has 0 atom stereocenters. The zero-order valence-electron chi connectivity index (χ0n) is 6.59. The van der Waals surface area contributed by atoms with Gasteiger partial charge in [-0.15, -0.1) is 0 Å². The number of hydrogen-bond donors (Lipinski definition) is 0. The van der Waals surface area contributed by atoms with E-state index in [2.05, 4.69) is 11.3 Å². The van der Waals surface area contributed by atoms with E-state index in [-0.39, 0.29) is 0 Å². The molecular weight excluding hydrogens is 144 g/mol. The Bertz CT molecular complexity index is 213. The summed E-state index contributed by atoms with van der Waals surface area (Å²) in [5.41, 5.74) is 0.292. The summed E-state index contributed by atoms with van der Waals surface area (Å²) >= 11 is 0. The van der Waals surface area contributed by atoms with Gasteiger partial charge in [0.15, 0.2) is 0 Å². The second-order valence-corrected chi connectivity index (χ2v) is 1.83. The monoisotopic (exact) mass is 154 g/mol. The molecule has 0 aromatic heterocycles. The number of allylic oxidation sites excluding steroid dienone is 1. The fourth-order valence-electron chi connectivity index (χ4n) is 0.509. The van der Waals surface area contributed by atoms with Crippen molar-refractivity contribution in [1.82, 2.24) is 0 Å². The fraction of sp³-hybridized carbons (Fsp3) is 0.250. The molecule has 0 aromatic carbocycles. The van der Waals surface area contributed by atoms with Gasteiger partial charge in [0, 0.05) is 6.92 Å². The third-order valence-electron chi connectivity index (χ3n) is 1.00. The van der Waals surface area contributed by atoms with Crippen molar-refractivity contribution < 1.29 is 14.3 Å². The van der Waals surface area contributed by atoms with Crippen molar-refractivity contribution in [2.45, 2.75) is 13.8 Å². The van der Waals surface area contributed by atoms with E-state index in [1.54, 1.807) is 6.92 Å². The van der Waals surface area contributed by atoms with E-state index < -0.39 is 11.9 Å². The van der Waals surface area contributed by atoms with E-state index in [4.69, 9.17) is 0 Å². The third kappa shape index (κ3) is 3.35. The lowest BCUT2D eigenvalue weighted by atomic mass is 10.2. The van der Waals surface area contributed by atoms with E-state index >= 15 is 0 Å². The Morgan fingerprint density at radius 1 is 1.45 bits per heavy atom. The molecule has 0 aromatic rings. The molecule has 0 bridgehead atoms. The van der Waals surface area contributed by atoms with Crippen LogP contribution in [0.1, 0.15) is 13.8 Å². The molecule has 0 unspecified atom stereocenters. The topological polar surface area (TPSA) is 43.4 Å². The molecule has 0 aliphatic rings. The van der Waals surface area contributed by atoms with E-state index in [0.717, 1.165) is 0 Å². The minimum absolute atomic E-state index is 0.292. The van der Waals surface area contributed by atoms with Crippen LogP contribution in [0.15, 0.2) is 24.3 Å². The number of carbonyl (C=O) groups excluding carboxylic acids is 2. The molecule has 0 spiro atoms. The van der Waals surface area contributed by atoms with Crippen LogP contribution in [-0.4, -0.2) is 11.9 Å². The zero-order valence-corrected chi connectivity index (χ0v) is 6.59. The first-order chi connectivity index (χ1) is 5.11. The van der Waals surface area contributed by atoms with Crippen LogP contribution in [0.5, 0.6) is 0 Å². The molecule has 0 radical (unpaired) electrons. The highest BCUT2D eigenvalue weighted by atomic mass is 16.6. The molecule has 0 amide bonds. The lowest BCUT2D eigenvalue weighted by molar-refractivity contribution is -0.154. The van der Waals surface area contributed by atoms with Crippen molar-refractivity contribution in [2.75, 3.05) is 0 Å². The van der Waals surface area contributed by atoms with Gasteiger partial charge in [0.25, 0.3) is 0 Å². The predicted octanol–water partition coefficient (Wildman–Crippen LogP) is 1.21. The Hall–Kier alpha value is -1.38. The van der Waals surface area contributed by atoms with Gasteiger partial charge in [-0.1, -0.05) is 18.7 Å². The maximum Gasteiger partial charge on any atom is 0.345 e. The van der Waals surface area contributed by atoms with Gasteiger partial charge in [0.05, 0.1) is 5.57 Å². The van der Waals surface area contributed by atoms with Crippen LogP contribution in [0.2, 0.25) is 0 Å². The van der Waals surface area contributed by atoms with Crippen molar-refractivity contribution in [1.29, 1.82) is 0 Å². The predicted molar refractivity (Wildman–Crippen MR) is 40.7 cm³/mol. The van der Waals surface area contributed by atoms with Gasteiger partial charge in [0.1, 0.15) is 0 Å². The molecule has 11 heavy (non-hydrogen) atoms. The Balaban J connectivity index is 4.24. The first kappa shape index (κ1) is 9.62. The Kier molecular flexibility index (Phi) is 3.88. The van der Waals surface area contributed by atoms with Crippen LogP contribution < -0.4 is 0 Å². The second kappa shape index (κ2) is 4.44. The highest BCUT2D eigenvalue weighted by molar-refractivity contribution is 5.97. The van der Waals surface area contributed by atoms with Gasteiger partial charge < -0.3 is 4.74 Å². The number of rotatable bonds is 2. The summed E-state index contributed by atoms with van der Waals surface area (Å²) in [6, 6.07) is 0. The van der Waals surface area contributed by atoms with Crippen molar-refractivity contribution in [3.8, 4) is 0 Å². The molecule has 0 fully saturated rings. The van der Waals surface area contributed by atoms with E-state index in [9.17, 15) is 9.59 Å². The molecule has 0 rings (SSSR count). The summed E-state index contributed by atoms with van der Waals surface area (Å²) in [5.74, 6) is -1.27. The molecule has 3 heteroatoms. The van der Waals surface area contributed by atoms with Crippen LogP contribution >= 0.6 is 0 Å². The summed E-state index contributed by atoms with van der Waals surface area (Å²) in [6.07, 6.45) is 2.86. The van der Waals surface area contributed by atoms with Gasteiger partial charge in [-0.05, 0) is 6.92 Å². The van der Waals surface area contributed by atoms with Crippen LogP contribution in [0.25, 0.3) is 0 Å². The van der Waals surface area contributed by atoms with E-state index in [0.29, 0.717) is 5.57 Å². The Morgan fingerprint density at radius 3 is 2.27 bits per heavy atom. The maximum atomic E-state index is 10.8. The highest BCUT2D eigenvalue weighted by Crippen LogP contribution is 1.98. The first-order valence-electron chi connectivity index (χ1n) is 3.13. The van der Waals surface area contributed by atoms with Crippen LogP contribution in [0.4, 0.5) is 0 Å². The SMILES string of the molecule is C=CC(=CC)C(=O)OC(C)=O. The molecule has 60 valence electrons. The molecule has 0 saturated heterocycles. The number of ether oxygens (including phenoxy) is 1. The van der Waals surface area contributed by atoms with Gasteiger partial charge >= 0.3 is 11.9 Å². The van der Waals surface area contributed by atoms with Crippen molar-refractivity contribution >= 4 is 11.9 Å². The summed E-state index contributed by atoms with van der Waals surface area (Å²) in [4.78, 5) is 21.1. The average Bonchev–Trinajstić information content (AvgIpc) is 1.88. The first-order valence-corrected chi connectivity index (χ1v) is 3.13. The van der Waals surface area contributed by atoms with Gasteiger partial charge in [-0.2, -0.15) is 0 Å².